The molecule has 1 atom stereocenters. The van der Waals surface area contributed by atoms with E-state index in [1.807, 2.05) is 27.2 Å². The Bertz CT molecular complexity index is 579. The molecule has 0 amide bonds. The molecule has 1 unspecified atom stereocenters. The lowest BCUT2D eigenvalue weighted by atomic mass is 10.0. The minimum Gasteiger partial charge on any atom is -0.373 e. The topological polar surface area (TPSA) is 77.8 Å². The number of quaternary nitrogens is 1. The van der Waals surface area contributed by atoms with Crippen molar-refractivity contribution in [2.45, 2.75) is 128 Å². The highest BCUT2D eigenvalue weighted by molar-refractivity contribution is 7.53. The standard InChI is InChI=1S/C28H56NO4P/c1-5-6-7-8-9-10-11-12-13-14-15-16-17-18-19-20-21-22-23-24-25-26-28(30,34(31,32)33)27-29(2,3)4/h9-10,23-24,30H,5-8,11-22,25-27H2,1-4H3,(H-,31,32,33)/p+1/b10-9-,24-23-. The van der Waals surface area contributed by atoms with Crippen LogP contribution in [0.4, 0.5) is 0 Å². The summed E-state index contributed by atoms with van der Waals surface area (Å²) in [6.45, 7) is 2.28. The predicted octanol–water partition coefficient (Wildman–Crippen LogP) is 7.71. The van der Waals surface area contributed by atoms with E-state index in [0.717, 1.165) is 12.8 Å². The highest BCUT2D eigenvalue weighted by atomic mass is 31.2. The molecule has 0 fully saturated rings. The molecule has 34 heavy (non-hydrogen) atoms. The number of nitrogens with zero attached hydrogens (tertiary/aromatic N) is 1. The predicted molar refractivity (Wildman–Crippen MR) is 147 cm³/mol. The second-order valence-electron chi connectivity index (χ2n) is 11.1. The van der Waals surface area contributed by atoms with Crippen molar-refractivity contribution in [3.8, 4) is 0 Å². The van der Waals surface area contributed by atoms with Crippen molar-refractivity contribution in [3.05, 3.63) is 24.3 Å². The molecule has 0 aliphatic carbocycles. The lowest BCUT2D eigenvalue weighted by Crippen LogP contribution is -2.49. The highest BCUT2D eigenvalue weighted by Gasteiger charge is 2.48. The summed E-state index contributed by atoms with van der Waals surface area (Å²) in [4.78, 5) is 19.2. The summed E-state index contributed by atoms with van der Waals surface area (Å²) >= 11 is 0. The van der Waals surface area contributed by atoms with E-state index in [1.54, 1.807) is 0 Å². The minimum absolute atomic E-state index is 0.0294. The van der Waals surface area contributed by atoms with Crippen LogP contribution in [0.25, 0.3) is 0 Å². The first-order chi connectivity index (χ1) is 16.0. The molecule has 0 rings (SSSR count). The number of allylic oxidation sites excluding steroid dienone is 4. The number of hydrogen-bond acceptors (Lipinski definition) is 2. The van der Waals surface area contributed by atoms with Crippen molar-refractivity contribution in [1.29, 1.82) is 0 Å². The Morgan fingerprint density at radius 3 is 1.35 bits per heavy atom. The third-order valence-electron chi connectivity index (χ3n) is 6.28. The molecule has 6 heteroatoms. The summed E-state index contributed by atoms with van der Waals surface area (Å²) in [5.74, 6) is 0. The number of unbranched alkanes of at least 4 members (excludes halogenated alkanes) is 14. The molecular weight excluding hydrogens is 445 g/mol. The van der Waals surface area contributed by atoms with Crippen LogP contribution >= 0.6 is 7.60 Å². The summed E-state index contributed by atoms with van der Waals surface area (Å²) in [7, 11) is 0.900. The van der Waals surface area contributed by atoms with Crippen LogP contribution in [0.1, 0.15) is 122 Å². The molecule has 0 aliphatic rings. The maximum atomic E-state index is 11.8. The number of aliphatic hydroxyl groups is 1. The van der Waals surface area contributed by atoms with E-state index in [0.29, 0.717) is 10.9 Å². The van der Waals surface area contributed by atoms with E-state index in [1.165, 1.54) is 89.9 Å². The Morgan fingerprint density at radius 1 is 0.647 bits per heavy atom. The normalized spacial score (nSPS) is 14.9. The van der Waals surface area contributed by atoms with Gasteiger partial charge in [-0.3, -0.25) is 4.57 Å². The van der Waals surface area contributed by atoms with E-state index >= 15 is 0 Å². The average Bonchev–Trinajstić information content (AvgIpc) is 2.73. The zero-order valence-corrected chi connectivity index (χ0v) is 23.8. The third kappa shape index (κ3) is 19.8. The van der Waals surface area contributed by atoms with Gasteiger partial charge in [-0.15, -0.1) is 0 Å². The molecule has 3 N–H and O–H groups in total. The Hall–Kier alpha value is -0.450. The van der Waals surface area contributed by atoms with Crippen LogP contribution < -0.4 is 0 Å². The van der Waals surface area contributed by atoms with E-state index in [4.69, 9.17) is 0 Å². The fourth-order valence-corrected chi connectivity index (χ4v) is 5.34. The summed E-state index contributed by atoms with van der Waals surface area (Å²) in [6, 6.07) is 0. The van der Waals surface area contributed by atoms with Gasteiger partial charge in [0.15, 0.2) is 0 Å². The van der Waals surface area contributed by atoms with Crippen LogP contribution in [-0.4, -0.2) is 52.4 Å². The molecule has 0 spiro atoms. The minimum atomic E-state index is -4.58. The first-order valence-corrected chi connectivity index (χ1v) is 15.5. The lowest BCUT2D eigenvalue weighted by molar-refractivity contribution is -0.875. The van der Waals surface area contributed by atoms with Gasteiger partial charge in [0, 0.05) is 0 Å². The quantitative estimate of drug-likeness (QED) is 0.0578. The second-order valence-corrected chi connectivity index (χ2v) is 13.0. The van der Waals surface area contributed by atoms with Crippen LogP contribution in [0, 0.1) is 0 Å². The van der Waals surface area contributed by atoms with Gasteiger partial charge in [-0.2, -0.15) is 0 Å². The zero-order chi connectivity index (χ0) is 25.8. The molecule has 0 aromatic heterocycles. The Kier molecular flexibility index (Phi) is 19.4. The molecule has 0 aromatic carbocycles. The first kappa shape index (κ1) is 33.5. The van der Waals surface area contributed by atoms with Crippen molar-refractivity contribution in [3.63, 3.8) is 0 Å². The fraction of sp³-hybridized carbons (Fsp3) is 0.857. The Morgan fingerprint density at radius 2 is 1.00 bits per heavy atom. The monoisotopic (exact) mass is 502 g/mol. The van der Waals surface area contributed by atoms with E-state index in [2.05, 4.69) is 25.2 Å². The van der Waals surface area contributed by atoms with Crippen molar-refractivity contribution in [2.24, 2.45) is 0 Å². The molecule has 0 saturated heterocycles. The van der Waals surface area contributed by atoms with E-state index < -0.39 is 12.9 Å². The summed E-state index contributed by atoms with van der Waals surface area (Å²) in [6.07, 6.45) is 30.0. The number of hydrogen-bond donors (Lipinski definition) is 3. The van der Waals surface area contributed by atoms with Gasteiger partial charge in [-0.1, -0.05) is 95.4 Å². The van der Waals surface area contributed by atoms with Crippen LogP contribution in [0.5, 0.6) is 0 Å². The van der Waals surface area contributed by atoms with Crippen molar-refractivity contribution < 1.29 is 23.9 Å². The van der Waals surface area contributed by atoms with Gasteiger partial charge >= 0.3 is 7.60 Å². The fourth-order valence-electron chi connectivity index (χ4n) is 4.31. The lowest BCUT2D eigenvalue weighted by Gasteiger charge is -2.35. The SMILES string of the molecule is CCCCC/C=C\CCCCCCCCCCCC/C=C\CCC(O)(C[N+](C)(C)C)P(=O)(O)O. The summed E-state index contributed by atoms with van der Waals surface area (Å²) < 4.78 is 12.1. The molecule has 0 radical (unpaired) electrons. The Balaban J connectivity index is 3.60. The average molecular weight is 503 g/mol. The van der Waals surface area contributed by atoms with E-state index in [-0.39, 0.29) is 13.0 Å². The van der Waals surface area contributed by atoms with Crippen LogP contribution in [0.3, 0.4) is 0 Å². The molecular formula is C28H57NO4P+. The maximum absolute atomic E-state index is 11.8. The molecule has 0 saturated carbocycles. The maximum Gasteiger partial charge on any atom is 0.362 e. The van der Waals surface area contributed by atoms with Gasteiger partial charge in [-0.05, 0) is 51.4 Å². The molecule has 0 aromatic rings. The van der Waals surface area contributed by atoms with Gasteiger partial charge in [0.1, 0.15) is 6.54 Å². The van der Waals surface area contributed by atoms with Crippen molar-refractivity contribution >= 4 is 7.60 Å². The zero-order valence-electron chi connectivity index (χ0n) is 22.9. The number of rotatable bonds is 23. The Labute approximate surface area is 211 Å². The van der Waals surface area contributed by atoms with Gasteiger partial charge in [-0.25, -0.2) is 0 Å². The smallest absolute Gasteiger partial charge is 0.362 e. The molecule has 0 bridgehead atoms. The van der Waals surface area contributed by atoms with Crippen molar-refractivity contribution in [1.82, 2.24) is 0 Å². The van der Waals surface area contributed by atoms with Crippen LogP contribution in [0.2, 0.25) is 0 Å². The van der Waals surface area contributed by atoms with Gasteiger partial charge in [0.2, 0.25) is 5.34 Å². The molecule has 5 nitrogen and oxygen atoms in total. The van der Waals surface area contributed by atoms with Gasteiger partial charge in [0.25, 0.3) is 0 Å². The van der Waals surface area contributed by atoms with Crippen LogP contribution in [0.15, 0.2) is 24.3 Å². The summed E-state index contributed by atoms with van der Waals surface area (Å²) in [5, 5.41) is 8.57. The van der Waals surface area contributed by atoms with E-state index in [9.17, 15) is 19.5 Å². The molecule has 0 heterocycles. The summed E-state index contributed by atoms with van der Waals surface area (Å²) in [5.41, 5.74) is 0. The van der Waals surface area contributed by atoms with Crippen molar-refractivity contribution in [2.75, 3.05) is 27.7 Å². The van der Waals surface area contributed by atoms with Gasteiger partial charge in [0.05, 0.1) is 21.1 Å². The first-order valence-electron chi connectivity index (χ1n) is 13.9. The number of likely N-dealkylation sites (N-methyl/N-ethyl adjacent to an activating group) is 1. The molecule has 0 aliphatic heterocycles. The largest absolute Gasteiger partial charge is 0.373 e. The highest BCUT2D eigenvalue weighted by Crippen LogP contribution is 2.52. The molecule has 202 valence electrons. The second kappa shape index (κ2) is 19.7. The van der Waals surface area contributed by atoms with Gasteiger partial charge < -0.3 is 19.4 Å². The van der Waals surface area contributed by atoms with Crippen LogP contribution in [-0.2, 0) is 4.57 Å². The third-order valence-corrected chi connectivity index (χ3v) is 7.73.